The monoisotopic (exact) mass is 429 g/mol. The van der Waals surface area contributed by atoms with Crippen LogP contribution in [0.15, 0.2) is 36.9 Å². The van der Waals surface area contributed by atoms with Crippen LogP contribution in [0.5, 0.6) is 0 Å². The highest BCUT2D eigenvalue weighted by Crippen LogP contribution is 2.34. The maximum atomic E-state index is 12.5. The number of esters is 2. The van der Waals surface area contributed by atoms with Gasteiger partial charge in [-0.1, -0.05) is 42.5 Å². The van der Waals surface area contributed by atoms with Gasteiger partial charge in [0.2, 0.25) is 5.91 Å². The Morgan fingerprint density at radius 1 is 1.10 bits per heavy atom. The fraction of sp³-hybridized carbons (Fsp3) is 0.348. The van der Waals surface area contributed by atoms with Gasteiger partial charge in [0.15, 0.2) is 0 Å². The van der Waals surface area contributed by atoms with Crippen LogP contribution in [0.25, 0.3) is 0 Å². The number of carbonyl (C=O) groups is 3. The molecule has 0 atom stereocenters. The van der Waals surface area contributed by atoms with Crippen LogP contribution in [0.2, 0.25) is 0 Å². The summed E-state index contributed by atoms with van der Waals surface area (Å²) < 4.78 is 10.2. The molecule has 0 unspecified atom stereocenters. The van der Waals surface area contributed by atoms with Crippen LogP contribution in [-0.2, 0) is 20.7 Å². The summed E-state index contributed by atoms with van der Waals surface area (Å²) in [7, 11) is 0. The molecule has 0 aliphatic heterocycles. The molecule has 0 fully saturated rings. The molecular formula is C23H27NO5S. The minimum atomic E-state index is -0.580. The number of ether oxygens (including phenoxy) is 2. The van der Waals surface area contributed by atoms with Crippen molar-refractivity contribution in [3.05, 3.63) is 64.1 Å². The molecule has 0 radical (unpaired) electrons. The smallest absolute Gasteiger partial charge is 0.348 e. The van der Waals surface area contributed by atoms with Gasteiger partial charge in [0.05, 0.1) is 12.2 Å². The third-order valence-corrected chi connectivity index (χ3v) is 5.57. The van der Waals surface area contributed by atoms with Crippen molar-refractivity contribution in [3.8, 4) is 0 Å². The molecule has 160 valence electrons. The highest BCUT2D eigenvalue weighted by Gasteiger charge is 2.27. The number of rotatable bonds is 10. The first kappa shape index (κ1) is 23.3. The SMILES string of the molecule is C=CCOC(=O)c1sc(NC(=O)CCCc2ccc(C)cc2)c(C(=O)OCC)c1C. The van der Waals surface area contributed by atoms with E-state index in [2.05, 4.69) is 24.0 Å². The largest absolute Gasteiger partial charge is 0.462 e. The van der Waals surface area contributed by atoms with Crippen molar-refractivity contribution >= 4 is 34.2 Å². The summed E-state index contributed by atoms with van der Waals surface area (Å²) in [5, 5.41) is 3.07. The molecule has 0 spiro atoms. The van der Waals surface area contributed by atoms with Gasteiger partial charge in [-0.3, -0.25) is 4.79 Å². The van der Waals surface area contributed by atoms with Gasteiger partial charge in [0.25, 0.3) is 0 Å². The fourth-order valence-electron chi connectivity index (χ4n) is 2.84. The second-order valence-corrected chi connectivity index (χ2v) is 7.78. The summed E-state index contributed by atoms with van der Waals surface area (Å²) in [6.07, 6.45) is 3.20. The number of hydrogen-bond acceptors (Lipinski definition) is 6. The zero-order chi connectivity index (χ0) is 22.1. The normalized spacial score (nSPS) is 10.4. The van der Waals surface area contributed by atoms with E-state index in [4.69, 9.17) is 9.47 Å². The summed E-state index contributed by atoms with van der Waals surface area (Å²) in [4.78, 5) is 37.4. The second-order valence-electron chi connectivity index (χ2n) is 6.76. The van der Waals surface area contributed by atoms with Crippen molar-refractivity contribution < 1.29 is 23.9 Å². The third-order valence-electron chi connectivity index (χ3n) is 4.39. The minimum absolute atomic E-state index is 0.0611. The van der Waals surface area contributed by atoms with Crippen molar-refractivity contribution in [2.24, 2.45) is 0 Å². The third kappa shape index (κ3) is 6.29. The highest BCUT2D eigenvalue weighted by molar-refractivity contribution is 7.18. The summed E-state index contributed by atoms with van der Waals surface area (Å²) in [6, 6.07) is 8.19. The predicted molar refractivity (Wildman–Crippen MR) is 118 cm³/mol. The Labute approximate surface area is 180 Å². The summed E-state index contributed by atoms with van der Waals surface area (Å²) in [6.45, 7) is 9.13. The molecule has 0 saturated carbocycles. The van der Waals surface area contributed by atoms with Crippen molar-refractivity contribution in [2.75, 3.05) is 18.5 Å². The lowest BCUT2D eigenvalue weighted by Crippen LogP contribution is -2.14. The summed E-state index contributed by atoms with van der Waals surface area (Å²) in [5.74, 6) is -1.37. The Bertz CT molecular complexity index is 914. The van der Waals surface area contributed by atoms with Crippen LogP contribution >= 0.6 is 11.3 Å². The molecule has 0 aliphatic rings. The molecule has 2 aromatic rings. The molecule has 2 rings (SSSR count). The molecular weight excluding hydrogens is 402 g/mol. The van der Waals surface area contributed by atoms with Gasteiger partial charge in [0, 0.05) is 6.42 Å². The molecule has 1 aromatic heterocycles. The Balaban J connectivity index is 2.10. The quantitative estimate of drug-likeness (QED) is 0.431. The highest BCUT2D eigenvalue weighted by atomic mass is 32.1. The van der Waals surface area contributed by atoms with Gasteiger partial charge in [-0.15, -0.1) is 11.3 Å². The maximum absolute atomic E-state index is 12.5. The average molecular weight is 430 g/mol. The average Bonchev–Trinajstić information content (AvgIpc) is 3.03. The number of amides is 1. The number of thiophene rings is 1. The molecule has 1 N–H and O–H groups in total. The van der Waals surface area contributed by atoms with Gasteiger partial charge in [0.1, 0.15) is 16.5 Å². The zero-order valence-corrected chi connectivity index (χ0v) is 18.4. The van der Waals surface area contributed by atoms with Gasteiger partial charge in [-0.05, 0) is 44.7 Å². The molecule has 30 heavy (non-hydrogen) atoms. The predicted octanol–water partition coefficient (Wildman–Crippen LogP) is 4.85. The van der Waals surface area contributed by atoms with Crippen LogP contribution in [0.1, 0.15) is 56.5 Å². The number of anilines is 1. The Morgan fingerprint density at radius 3 is 2.43 bits per heavy atom. The van der Waals surface area contributed by atoms with E-state index in [9.17, 15) is 14.4 Å². The number of hydrogen-bond donors (Lipinski definition) is 1. The van der Waals surface area contributed by atoms with Crippen LogP contribution < -0.4 is 5.32 Å². The molecule has 6 nitrogen and oxygen atoms in total. The Hall–Kier alpha value is -2.93. The molecule has 1 aromatic carbocycles. The Kier molecular flexibility index (Phi) is 8.80. The lowest BCUT2D eigenvalue weighted by molar-refractivity contribution is -0.116. The number of benzene rings is 1. The molecule has 0 bridgehead atoms. The fourth-order valence-corrected chi connectivity index (χ4v) is 3.95. The van der Waals surface area contributed by atoms with E-state index < -0.39 is 11.9 Å². The number of carbonyl (C=O) groups excluding carboxylic acids is 3. The van der Waals surface area contributed by atoms with E-state index >= 15 is 0 Å². The first-order chi connectivity index (χ1) is 14.4. The first-order valence-corrected chi connectivity index (χ1v) is 10.6. The zero-order valence-electron chi connectivity index (χ0n) is 17.6. The standard InChI is InChI=1S/C23H27NO5S/c1-5-14-29-23(27)20-16(4)19(22(26)28-6-2)21(30-20)24-18(25)9-7-8-17-12-10-15(3)11-13-17/h5,10-13H,1,6-9,14H2,2-4H3,(H,24,25). The molecule has 1 heterocycles. The van der Waals surface area contributed by atoms with Crippen LogP contribution in [0.4, 0.5) is 5.00 Å². The van der Waals surface area contributed by atoms with E-state index in [0.717, 1.165) is 17.8 Å². The molecule has 7 heteroatoms. The van der Waals surface area contributed by atoms with E-state index in [1.165, 1.54) is 17.2 Å². The first-order valence-electron chi connectivity index (χ1n) is 9.81. The van der Waals surface area contributed by atoms with Crippen molar-refractivity contribution in [2.45, 2.75) is 40.0 Å². The summed E-state index contributed by atoms with van der Waals surface area (Å²) in [5.41, 5.74) is 2.99. The number of nitrogens with one attached hydrogen (secondary N) is 1. The van der Waals surface area contributed by atoms with Crippen LogP contribution in [0, 0.1) is 13.8 Å². The lowest BCUT2D eigenvalue weighted by Gasteiger charge is -2.07. The van der Waals surface area contributed by atoms with Gasteiger partial charge in [-0.2, -0.15) is 0 Å². The molecule has 0 aliphatic carbocycles. The summed E-state index contributed by atoms with van der Waals surface area (Å²) >= 11 is 1.02. The second kappa shape index (κ2) is 11.3. The topological polar surface area (TPSA) is 81.7 Å². The van der Waals surface area contributed by atoms with Gasteiger partial charge >= 0.3 is 11.9 Å². The minimum Gasteiger partial charge on any atom is -0.462 e. The van der Waals surface area contributed by atoms with Crippen molar-refractivity contribution in [1.82, 2.24) is 0 Å². The lowest BCUT2D eigenvalue weighted by atomic mass is 10.1. The Morgan fingerprint density at radius 2 is 1.80 bits per heavy atom. The maximum Gasteiger partial charge on any atom is 0.348 e. The van der Waals surface area contributed by atoms with Crippen LogP contribution in [0.3, 0.4) is 0 Å². The van der Waals surface area contributed by atoms with Crippen molar-refractivity contribution in [1.29, 1.82) is 0 Å². The van der Waals surface area contributed by atoms with Gasteiger partial charge < -0.3 is 14.8 Å². The number of aryl methyl sites for hydroxylation is 2. The van der Waals surface area contributed by atoms with E-state index in [1.54, 1.807) is 13.8 Å². The van der Waals surface area contributed by atoms with Gasteiger partial charge in [-0.25, -0.2) is 9.59 Å². The van der Waals surface area contributed by atoms with Crippen molar-refractivity contribution in [3.63, 3.8) is 0 Å². The van der Waals surface area contributed by atoms with E-state index in [0.29, 0.717) is 23.4 Å². The van der Waals surface area contributed by atoms with E-state index in [-0.39, 0.29) is 29.6 Å². The van der Waals surface area contributed by atoms with Crippen LogP contribution in [-0.4, -0.2) is 31.1 Å². The molecule has 0 saturated heterocycles. The van der Waals surface area contributed by atoms with E-state index in [1.807, 2.05) is 19.1 Å². The molecule has 1 amide bonds.